The Balaban J connectivity index is 2.26. The summed E-state index contributed by atoms with van der Waals surface area (Å²) in [7, 11) is 0. The molecule has 0 heterocycles. The Bertz CT molecular complexity index is 599. The first-order valence-electron chi connectivity index (χ1n) is 6.56. The third-order valence-corrected chi connectivity index (χ3v) is 3.72. The third-order valence-electron chi connectivity index (χ3n) is 3.03. The van der Waals surface area contributed by atoms with E-state index < -0.39 is 0 Å². The Kier molecular flexibility index (Phi) is 5.41. The van der Waals surface area contributed by atoms with Crippen molar-refractivity contribution in [1.29, 1.82) is 0 Å². The van der Waals surface area contributed by atoms with Crippen LogP contribution in [0.1, 0.15) is 18.9 Å². The maximum absolute atomic E-state index is 13.3. The van der Waals surface area contributed by atoms with Crippen molar-refractivity contribution in [3.8, 4) is 11.1 Å². The molecule has 0 unspecified atom stereocenters. The highest BCUT2D eigenvalue weighted by Crippen LogP contribution is 2.31. The highest BCUT2D eigenvalue weighted by atomic mass is 35.5. The number of hydrogen-bond donors (Lipinski definition) is 1. The van der Waals surface area contributed by atoms with Crippen LogP contribution in [0, 0.1) is 5.82 Å². The molecule has 0 radical (unpaired) electrons. The highest BCUT2D eigenvalue weighted by molar-refractivity contribution is 6.34. The van der Waals surface area contributed by atoms with Crippen LogP contribution in [0.4, 0.5) is 4.39 Å². The van der Waals surface area contributed by atoms with Gasteiger partial charge in [0.1, 0.15) is 5.82 Å². The first kappa shape index (κ1) is 15.3. The fraction of sp³-hybridized carbons (Fsp3) is 0.250. The van der Waals surface area contributed by atoms with E-state index in [0.29, 0.717) is 15.6 Å². The molecule has 0 saturated heterocycles. The second-order valence-corrected chi connectivity index (χ2v) is 5.42. The molecule has 1 N–H and O–H groups in total. The predicted octanol–water partition coefficient (Wildman–Crippen LogP) is 5.30. The summed E-state index contributed by atoms with van der Waals surface area (Å²) in [5, 5.41) is 4.47. The van der Waals surface area contributed by atoms with Crippen LogP contribution in [0.2, 0.25) is 10.0 Å². The summed E-state index contributed by atoms with van der Waals surface area (Å²) in [4.78, 5) is 0. The van der Waals surface area contributed by atoms with Crippen molar-refractivity contribution in [2.45, 2.75) is 19.9 Å². The Hall–Kier alpha value is -1.09. The van der Waals surface area contributed by atoms with Crippen molar-refractivity contribution in [3.63, 3.8) is 0 Å². The van der Waals surface area contributed by atoms with Gasteiger partial charge in [0.2, 0.25) is 0 Å². The summed E-state index contributed by atoms with van der Waals surface area (Å²) in [5.41, 5.74) is 2.50. The molecule has 20 heavy (non-hydrogen) atoms. The molecule has 0 spiro atoms. The van der Waals surface area contributed by atoms with E-state index in [-0.39, 0.29) is 5.82 Å². The SMILES string of the molecule is CCCNCc1ccc(-c2cc(F)ccc2Cl)cc1Cl. The monoisotopic (exact) mass is 311 g/mol. The summed E-state index contributed by atoms with van der Waals surface area (Å²) >= 11 is 12.4. The molecule has 2 aromatic carbocycles. The minimum atomic E-state index is -0.311. The molecule has 0 aliphatic heterocycles. The molecule has 0 aliphatic carbocycles. The average Bonchev–Trinajstić information content (AvgIpc) is 2.43. The number of rotatable bonds is 5. The van der Waals surface area contributed by atoms with Gasteiger partial charge in [-0.1, -0.05) is 42.3 Å². The van der Waals surface area contributed by atoms with E-state index in [1.807, 2.05) is 18.2 Å². The lowest BCUT2D eigenvalue weighted by atomic mass is 10.0. The van der Waals surface area contributed by atoms with E-state index >= 15 is 0 Å². The number of halogens is 3. The van der Waals surface area contributed by atoms with E-state index in [2.05, 4.69) is 12.2 Å². The molecule has 0 amide bonds. The quantitative estimate of drug-likeness (QED) is 0.739. The van der Waals surface area contributed by atoms with Crippen LogP contribution in [0.15, 0.2) is 36.4 Å². The number of benzene rings is 2. The van der Waals surface area contributed by atoms with Gasteiger partial charge in [0.25, 0.3) is 0 Å². The van der Waals surface area contributed by atoms with E-state index in [4.69, 9.17) is 23.2 Å². The Morgan fingerprint density at radius 2 is 1.85 bits per heavy atom. The van der Waals surface area contributed by atoms with Gasteiger partial charge in [-0.15, -0.1) is 0 Å². The largest absolute Gasteiger partial charge is 0.313 e. The van der Waals surface area contributed by atoms with Crippen LogP contribution in [0.3, 0.4) is 0 Å². The minimum absolute atomic E-state index is 0.311. The van der Waals surface area contributed by atoms with Gasteiger partial charge in [-0.3, -0.25) is 0 Å². The molecule has 0 atom stereocenters. The molecule has 1 nitrogen and oxygen atoms in total. The molecule has 4 heteroatoms. The van der Waals surface area contributed by atoms with Crippen molar-refractivity contribution < 1.29 is 4.39 Å². The summed E-state index contributed by atoms with van der Waals surface area (Å²) in [6.45, 7) is 3.79. The van der Waals surface area contributed by atoms with Crippen LogP contribution in [-0.4, -0.2) is 6.54 Å². The van der Waals surface area contributed by atoms with Gasteiger partial charge in [-0.2, -0.15) is 0 Å². The van der Waals surface area contributed by atoms with Gasteiger partial charge >= 0.3 is 0 Å². The number of nitrogens with one attached hydrogen (secondary N) is 1. The van der Waals surface area contributed by atoms with E-state index in [1.54, 1.807) is 6.07 Å². The molecule has 0 bridgehead atoms. The molecule has 0 aliphatic rings. The lowest BCUT2D eigenvalue weighted by molar-refractivity contribution is 0.628. The Labute approximate surface area is 128 Å². The second-order valence-electron chi connectivity index (χ2n) is 4.61. The van der Waals surface area contributed by atoms with Gasteiger partial charge in [0.05, 0.1) is 0 Å². The average molecular weight is 312 g/mol. The van der Waals surface area contributed by atoms with E-state index in [9.17, 15) is 4.39 Å². The Morgan fingerprint density at radius 3 is 2.55 bits per heavy atom. The van der Waals surface area contributed by atoms with Crippen molar-refractivity contribution in [2.75, 3.05) is 6.54 Å². The molecule has 106 valence electrons. The fourth-order valence-corrected chi connectivity index (χ4v) is 2.45. The summed E-state index contributed by atoms with van der Waals surface area (Å²) in [5.74, 6) is -0.311. The Morgan fingerprint density at radius 1 is 1.05 bits per heavy atom. The van der Waals surface area contributed by atoms with E-state index in [1.165, 1.54) is 12.1 Å². The topological polar surface area (TPSA) is 12.0 Å². The molecule has 2 rings (SSSR count). The normalized spacial score (nSPS) is 10.8. The number of hydrogen-bond acceptors (Lipinski definition) is 1. The van der Waals surface area contributed by atoms with Crippen LogP contribution in [-0.2, 0) is 6.54 Å². The zero-order chi connectivity index (χ0) is 14.5. The summed E-state index contributed by atoms with van der Waals surface area (Å²) in [6.07, 6.45) is 1.08. The molecule has 0 fully saturated rings. The van der Waals surface area contributed by atoms with Crippen LogP contribution >= 0.6 is 23.2 Å². The van der Waals surface area contributed by atoms with Gasteiger partial charge < -0.3 is 5.32 Å². The molecular weight excluding hydrogens is 296 g/mol. The molecular formula is C16H16Cl2FN. The second kappa shape index (κ2) is 7.07. The smallest absolute Gasteiger partial charge is 0.123 e. The van der Waals surface area contributed by atoms with Crippen molar-refractivity contribution >= 4 is 23.2 Å². The lowest BCUT2D eigenvalue weighted by Gasteiger charge is -2.09. The summed E-state index contributed by atoms with van der Waals surface area (Å²) in [6, 6.07) is 10.00. The third kappa shape index (κ3) is 3.72. The standard InChI is InChI=1S/C16H16Cl2FN/c1-2-7-20-10-12-4-3-11(8-16(12)18)14-9-13(19)5-6-15(14)17/h3-6,8-9,20H,2,7,10H2,1H3. The maximum atomic E-state index is 13.3. The first-order valence-corrected chi connectivity index (χ1v) is 7.32. The lowest BCUT2D eigenvalue weighted by Crippen LogP contribution is -2.13. The van der Waals surface area contributed by atoms with Crippen LogP contribution < -0.4 is 5.32 Å². The van der Waals surface area contributed by atoms with Gasteiger partial charge in [0, 0.05) is 22.2 Å². The zero-order valence-corrected chi connectivity index (χ0v) is 12.7. The predicted molar refractivity (Wildman–Crippen MR) is 83.9 cm³/mol. The van der Waals surface area contributed by atoms with Gasteiger partial charge in [-0.25, -0.2) is 4.39 Å². The fourth-order valence-electron chi connectivity index (χ4n) is 1.98. The minimum Gasteiger partial charge on any atom is -0.313 e. The molecule has 2 aromatic rings. The van der Waals surface area contributed by atoms with Gasteiger partial charge in [-0.05, 0) is 48.4 Å². The van der Waals surface area contributed by atoms with Gasteiger partial charge in [0.15, 0.2) is 0 Å². The molecule has 0 saturated carbocycles. The van der Waals surface area contributed by atoms with E-state index in [0.717, 1.165) is 30.6 Å². The van der Waals surface area contributed by atoms with Crippen molar-refractivity contribution in [2.24, 2.45) is 0 Å². The highest BCUT2D eigenvalue weighted by Gasteiger charge is 2.08. The summed E-state index contributed by atoms with van der Waals surface area (Å²) < 4.78 is 13.3. The first-order chi connectivity index (χ1) is 9.61. The van der Waals surface area contributed by atoms with Crippen LogP contribution in [0.25, 0.3) is 11.1 Å². The molecule has 0 aromatic heterocycles. The van der Waals surface area contributed by atoms with Crippen LogP contribution in [0.5, 0.6) is 0 Å². The zero-order valence-electron chi connectivity index (χ0n) is 11.2. The van der Waals surface area contributed by atoms with Crippen molar-refractivity contribution in [3.05, 3.63) is 57.8 Å². The maximum Gasteiger partial charge on any atom is 0.123 e. The van der Waals surface area contributed by atoms with Crippen molar-refractivity contribution in [1.82, 2.24) is 5.32 Å².